The third-order valence-corrected chi connectivity index (χ3v) is 9.44. The van der Waals surface area contributed by atoms with Gasteiger partial charge in [0.2, 0.25) is 5.78 Å². The molecule has 0 aromatic carbocycles. The molecule has 7 nitrogen and oxygen atoms in total. The lowest BCUT2D eigenvalue weighted by Gasteiger charge is -2.58. The van der Waals surface area contributed by atoms with Gasteiger partial charge in [0.05, 0.1) is 6.10 Å². The van der Waals surface area contributed by atoms with E-state index in [1.807, 2.05) is 6.92 Å². The van der Waals surface area contributed by atoms with E-state index in [1.54, 1.807) is 0 Å². The molecular weight excluding hydrogens is 412 g/mol. The van der Waals surface area contributed by atoms with Crippen LogP contribution >= 0.6 is 0 Å². The number of esters is 2. The summed E-state index contributed by atoms with van der Waals surface area (Å²) in [4.78, 5) is 35.6. The van der Waals surface area contributed by atoms with Gasteiger partial charge >= 0.3 is 11.9 Å². The molecule has 4 rings (SSSR count). The average Bonchev–Trinajstić information content (AvgIpc) is 2.93. The first-order valence-electron chi connectivity index (χ1n) is 11.9. The van der Waals surface area contributed by atoms with Gasteiger partial charge in [-0.25, -0.2) is 0 Å². The first kappa shape index (κ1) is 23.4. The highest BCUT2D eigenvalue weighted by molar-refractivity contribution is 5.91. The summed E-state index contributed by atoms with van der Waals surface area (Å²) in [5.41, 5.74) is -1.30. The number of aliphatic hydroxyl groups is 2. The number of rotatable bonds is 4. The van der Waals surface area contributed by atoms with Crippen LogP contribution in [0, 0.1) is 28.6 Å². The van der Waals surface area contributed by atoms with Crippen molar-refractivity contribution >= 4 is 17.7 Å². The minimum Gasteiger partial charge on any atom is -0.462 e. The van der Waals surface area contributed by atoms with Crippen molar-refractivity contribution in [2.75, 3.05) is 6.61 Å². The second kappa shape index (κ2) is 7.94. The second-order valence-electron chi connectivity index (χ2n) is 10.9. The van der Waals surface area contributed by atoms with Crippen LogP contribution in [0.25, 0.3) is 0 Å². The number of ether oxygens (including phenoxy) is 2. The molecule has 32 heavy (non-hydrogen) atoms. The molecule has 4 aliphatic rings. The molecule has 3 saturated carbocycles. The SMILES string of the molecule is CC(=O)OCC(=O)[C@@]1(O)[C@H](O)C[C@@H]2[C@H]3CC=C4C[C@@H](OC(C)=O)CC[C@]4(C)[C@@H]3CC[C@@]21C. The lowest BCUT2D eigenvalue weighted by atomic mass is 9.46. The van der Waals surface area contributed by atoms with Crippen LogP contribution in [-0.4, -0.2) is 52.4 Å². The molecule has 2 N–H and O–H groups in total. The highest BCUT2D eigenvalue weighted by Crippen LogP contribution is 2.67. The number of aliphatic hydroxyl groups excluding tert-OH is 1. The van der Waals surface area contributed by atoms with Crippen molar-refractivity contribution in [2.24, 2.45) is 28.6 Å². The predicted octanol–water partition coefficient (Wildman–Crippen LogP) is 2.71. The standard InChI is InChI=1S/C25H36O7/c1-14(26)31-13-22(29)25(30)21(28)12-20-18-6-5-16-11-17(32-15(2)27)7-9-23(16,3)19(18)8-10-24(20,25)4/h5,17-21,28,30H,6-13H2,1-4H3/t17-,18-,19+,20+,21+,23-,24-,25-/m0/s1. The third-order valence-electron chi connectivity index (χ3n) is 9.44. The maximum absolute atomic E-state index is 13.0. The third kappa shape index (κ3) is 3.35. The Balaban J connectivity index is 1.59. The fourth-order valence-electron chi connectivity index (χ4n) is 7.76. The molecule has 3 fully saturated rings. The van der Waals surface area contributed by atoms with Crippen LogP contribution in [0.5, 0.6) is 0 Å². The second-order valence-corrected chi connectivity index (χ2v) is 10.9. The Morgan fingerprint density at radius 3 is 2.47 bits per heavy atom. The van der Waals surface area contributed by atoms with Gasteiger partial charge in [-0.1, -0.05) is 25.5 Å². The monoisotopic (exact) mass is 448 g/mol. The molecule has 0 unspecified atom stereocenters. The smallest absolute Gasteiger partial charge is 0.303 e. The van der Waals surface area contributed by atoms with Gasteiger partial charge in [0.1, 0.15) is 6.10 Å². The van der Waals surface area contributed by atoms with Gasteiger partial charge < -0.3 is 19.7 Å². The van der Waals surface area contributed by atoms with Crippen LogP contribution in [0.2, 0.25) is 0 Å². The van der Waals surface area contributed by atoms with Gasteiger partial charge in [-0.15, -0.1) is 0 Å². The largest absolute Gasteiger partial charge is 0.462 e. The van der Waals surface area contributed by atoms with Crippen LogP contribution in [0.4, 0.5) is 0 Å². The van der Waals surface area contributed by atoms with Crippen molar-refractivity contribution in [3.05, 3.63) is 11.6 Å². The van der Waals surface area contributed by atoms with Gasteiger partial charge in [-0.05, 0) is 61.7 Å². The molecule has 0 bridgehead atoms. The summed E-state index contributed by atoms with van der Waals surface area (Å²) in [5.74, 6) is -0.761. The lowest BCUT2D eigenvalue weighted by Crippen LogP contribution is -2.61. The lowest BCUT2D eigenvalue weighted by molar-refractivity contribution is -0.181. The van der Waals surface area contributed by atoms with E-state index in [0.29, 0.717) is 18.8 Å². The summed E-state index contributed by atoms with van der Waals surface area (Å²) in [6.07, 6.45) is 6.31. The highest BCUT2D eigenvalue weighted by atomic mass is 16.5. The molecule has 0 amide bonds. The zero-order chi connectivity index (χ0) is 23.5. The zero-order valence-electron chi connectivity index (χ0n) is 19.6. The number of allylic oxidation sites excluding steroid dienone is 1. The molecule has 0 spiro atoms. The van der Waals surface area contributed by atoms with Gasteiger partial charge in [-0.2, -0.15) is 0 Å². The maximum atomic E-state index is 13.0. The van der Waals surface area contributed by atoms with Crippen molar-refractivity contribution in [3.8, 4) is 0 Å². The molecule has 0 aromatic rings. The number of ketones is 1. The molecule has 0 radical (unpaired) electrons. The minimum absolute atomic E-state index is 0.00310. The molecule has 0 heterocycles. The molecule has 178 valence electrons. The van der Waals surface area contributed by atoms with Crippen molar-refractivity contribution in [1.29, 1.82) is 0 Å². The number of carbonyl (C=O) groups excluding carboxylic acids is 3. The molecule has 7 heteroatoms. The predicted molar refractivity (Wildman–Crippen MR) is 115 cm³/mol. The molecule has 0 aromatic heterocycles. The van der Waals surface area contributed by atoms with E-state index in [4.69, 9.17) is 9.47 Å². The Hall–Kier alpha value is -1.73. The minimum atomic E-state index is -1.91. The summed E-state index contributed by atoms with van der Waals surface area (Å²) in [5, 5.41) is 22.5. The van der Waals surface area contributed by atoms with Crippen LogP contribution < -0.4 is 0 Å². The average molecular weight is 449 g/mol. The molecular formula is C25H36O7. The van der Waals surface area contributed by atoms with E-state index in [9.17, 15) is 24.6 Å². The number of hydrogen-bond donors (Lipinski definition) is 2. The summed E-state index contributed by atoms with van der Waals surface area (Å²) in [7, 11) is 0. The number of hydrogen-bond acceptors (Lipinski definition) is 7. The molecule has 0 saturated heterocycles. The number of fused-ring (bicyclic) bond motifs is 5. The van der Waals surface area contributed by atoms with E-state index in [-0.39, 0.29) is 29.3 Å². The van der Waals surface area contributed by atoms with Crippen LogP contribution in [-0.2, 0) is 23.9 Å². The molecule has 8 atom stereocenters. The number of carbonyl (C=O) groups is 3. The quantitative estimate of drug-likeness (QED) is 0.503. The summed E-state index contributed by atoms with van der Waals surface area (Å²) in [6.45, 7) is 6.40. The zero-order valence-corrected chi connectivity index (χ0v) is 19.6. The van der Waals surface area contributed by atoms with Crippen LogP contribution in [0.15, 0.2) is 11.6 Å². The van der Waals surface area contributed by atoms with Crippen molar-refractivity contribution in [2.45, 2.75) is 90.4 Å². The number of Topliss-reactive ketones (excluding diaryl/α,β-unsaturated/α-hetero) is 1. The van der Waals surface area contributed by atoms with Crippen LogP contribution in [0.1, 0.15) is 72.6 Å². The first-order chi connectivity index (χ1) is 14.9. The topological polar surface area (TPSA) is 110 Å². The van der Waals surface area contributed by atoms with Gasteiger partial charge in [0.15, 0.2) is 12.2 Å². The molecule has 0 aliphatic heterocycles. The Kier molecular flexibility index (Phi) is 5.82. The summed E-state index contributed by atoms with van der Waals surface area (Å²) >= 11 is 0. The van der Waals surface area contributed by atoms with E-state index >= 15 is 0 Å². The first-order valence-corrected chi connectivity index (χ1v) is 11.9. The van der Waals surface area contributed by atoms with Gasteiger partial charge in [-0.3, -0.25) is 14.4 Å². The van der Waals surface area contributed by atoms with Crippen LogP contribution in [0.3, 0.4) is 0 Å². The summed E-state index contributed by atoms with van der Waals surface area (Å²) in [6, 6.07) is 0. The fraction of sp³-hybridized carbons (Fsp3) is 0.800. The van der Waals surface area contributed by atoms with E-state index in [2.05, 4.69) is 13.0 Å². The van der Waals surface area contributed by atoms with Crippen molar-refractivity contribution < 1.29 is 34.1 Å². The van der Waals surface area contributed by atoms with Crippen molar-refractivity contribution in [3.63, 3.8) is 0 Å². The molecule has 4 aliphatic carbocycles. The van der Waals surface area contributed by atoms with E-state index in [0.717, 1.165) is 32.1 Å². The van der Waals surface area contributed by atoms with E-state index < -0.39 is 35.5 Å². The van der Waals surface area contributed by atoms with Crippen molar-refractivity contribution in [1.82, 2.24) is 0 Å². The Labute approximate surface area is 189 Å². The highest BCUT2D eigenvalue weighted by Gasteiger charge is 2.69. The Morgan fingerprint density at radius 2 is 1.81 bits per heavy atom. The fourth-order valence-corrected chi connectivity index (χ4v) is 7.76. The summed E-state index contributed by atoms with van der Waals surface area (Å²) < 4.78 is 10.4. The van der Waals surface area contributed by atoms with Gasteiger partial charge in [0, 0.05) is 25.7 Å². The Bertz CT molecular complexity index is 849. The van der Waals surface area contributed by atoms with Gasteiger partial charge in [0.25, 0.3) is 0 Å². The normalized spacial score (nSPS) is 45.1. The van der Waals surface area contributed by atoms with E-state index in [1.165, 1.54) is 19.4 Å². The maximum Gasteiger partial charge on any atom is 0.303 e. The Morgan fingerprint density at radius 1 is 1.09 bits per heavy atom.